The van der Waals surface area contributed by atoms with E-state index in [4.69, 9.17) is 18.0 Å². The fourth-order valence-electron chi connectivity index (χ4n) is 1.17. The Morgan fingerprint density at radius 1 is 1.43 bits per heavy atom. The number of nitrogens with two attached hydrogens (primary N) is 1. The highest BCUT2D eigenvalue weighted by Gasteiger charge is 2.10. The van der Waals surface area contributed by atoms with Gasteiger partial charge in [-0.1, -0.05) is 12.2 Å². The Labute approximate surface area is 86.1 Å². The second-order valence-electron chi connectivity index (χ2n) is 2.97. The molecular formula is C9H10N2O2S. The van der Waals surface area contributed by atoms with Crippen LogP contribution in [-0.2, 0) is 0 Å². The number of ketones is 1. The molecule has 0 atom stereocenters. The number of H-pyrrole nitrogens is 1. The van der Waals surface area contributed by atoms with Gasteiger partial charge in [0.15, 0.2) is 5.78 Å². The van der Waals surface area contributed by atoms with Crippen LogP contribution in [0.15, 0.2) is 6.07 Å². The van der Waals surface area contributed by atoms with Crippen molar-refractivity contribution < 1.29 is 9.59 Å². The van der Waals surface area contributed by atoms with Crippen molar-refractivity contribution in [1.82, 2.24) is 4.98 Å². The van der Waals surface area contributed by atoms with Crippen molar-refractivity contribution >= 4 is 23.9 Å². The molecule has 0 saturated carbocycles. The number of Topliss-reactive ketones (excluding diaryl/α,β-unsaturated/α-hetero) is 1. The molecule has 0 aliphatic rings. The molecule has 0 bridgehead atoms. The quantitative estimate of drug-likeness (QED) is 0.571. The maximum atomic E-state index is 11.1. The van der Waals surface area contributed by atoms with E-state index < -0.39 is 5.91 Å². The molecule has 14 heavy (non-hydrogen) atoms. The van der Waals surface area contributed by atoms with Crippen molar-refractivity contribution in [3.63, 3.8) is 0 Å². The van der Waals surface area contributed by atoms with Crippen molar-refractivity contribution in [3.8, 4) is 0 Å². The van der Waals surface area contributed by atoms with E-state index in [2.05, 4.69) is 4.98 Å². The lowest BCUT2D eigenvalue weighted by Crippen LogP contribution is -2.14. The van der Waals surface area contributed by atoms with E-state index in [1.165, 1.54) is 13.0 Å². The van der Waals surface area contributed by atoms with Crippen LogP contribution in [0.3, 0.4) is 0 Å². The van der Waals surface area contributed by atoms with E-state index >= 15 is 0 Å². The summed E-state index contributed by atoms with van der Waals surface area (Å²) in [6, 6.07) is 1.43. The number of hydrogen-bond donors (Lipinski definition) is 2. The third-order valence-corrected chi connectivity index (χ3v) is 2.21. The Kier molecular flexibility index (Phi) is 2.81. The summed E-state index contributed by atoms with van der Waals surface area (Å²) in [6.07, 6.45) is 0. The highest BCUT2D eigenvalue weighted by molar-refractivity contribution is 7.71. The van der Waals surface area contributed by atoms with Gasteiger partial charge >= 0.3 is 0 Å². The second-order valence-corrected chi connectivity index (χ2v) is 3.38. The highest BCUT2D eigenvalue weighted by Crippen LogP contribution is 2.10. The molecule has 1 aromatic heterocycles. The highest BCUT2D eigenvalue weighted by atomic mass is 32.1. The van der Waals surface area contributed by atoms with Gasteiger partial charge in [-0.25, -0.2) is 0 Å². The number of hydrogen-bond acceptors (Lipinski definition) is 3. The van der Waals surface area contributed by atoms with Crippen LogP contribution in [0.1, 0.15) is 33.3 Å². The van der Waals surface area contributed by atoms with Gasteiger partial charge in [0.2, 0.25) is 0 Å². The average Bonchev–Trinajstić information content (AvgIpc) is 2.02. The Hall–Kier alpha value is -1.49. The van der Waals surface area contributed by atoms with Gasteiger partial charge in [0.05, 0.1) is 5.56 Å². The normalized spacial score (nSPS) is 9.86. The van der Waals surface area contributed by atoms with Gasteiger partial charge in [0, 0.05) is 11.3 Å². The summed E-state index contributed by atoms with van der Waals surface area (Å²) >= 11 is 4.89. The number of carbonyl (C=O) groups excluding carboxylic acids is 2. The number of rotatable bonds is 2. The van der Waals surface area contributed by atoms with Gasteiger partial charge < -0.3 is 10.7 Å². The first-order chi connectivity index (χ1) is 6.43. The number of nitrogens with one attached hydrogen (secondary N) is 1. The van der Waals surface area contributed by atoms with Gasteiger partial charge in [-0.15, -0.1) is 0 Å². The fraction of sp³-hybridized carbons (Fsp3) is 0.222. The SMILES string of the molecule is CC(=O)c1cc(C(N)=O)c(=S)[nH]c1C. The number of amides is 1. The van der Waals surface area contributed by atoms with Crippen LogP contribution in [0, 0.1) is 11.6 Å². The molecule has 0 radical (unpaired) electrons. The standard InChI is InChI=1S/C9H10N2O2S/c1-4-6(5(2)12)3-7(8(10)13)9(14)11-4/h3H,1-2H3,(H2,10,13)(H,11,14). The van der Waals surface area contributed by atoms with Crippen molar-refractivity contribution in [1.29, 1.82) is 0 Å². The summed E-state index contributed by atoms with van der Waals surface area (Å²) in [7, 11) is 0. The summed E-state index contributed by atoms with van der Waals surface area (Å²) in [5, 5.41) is 0. The Morgan fingerprint density at radius 2 is 2.00 bits per heavy atom. The van der Waals surface area contributed by atoms with E-state index in [9.17, 15) is 9.59 Å². The monoisotopic (exact) mass is 210 g/mol. The molecule has 74 valence electrons. The number of pyridine rings is 1. The minimum atomic E-state index is -0.631. The van der Waals surface area contributed by atoms with Gasteiger partial charge in [-0.3, -0.25) is 9.59 Å². The van der Waals surface area contributed by atoms with Gasteiger partial charge in [0.25, 0.3) is 5.91 Å². The summed E-state index contributed by atoms with van der Waals surface area (Å²) < 4.78 is 0.264. The predicted molar refractivity (Wildman–Crippen MR) is 54.9 cm³/mol. The second kappa shape index (κ2) is 3.71. The zero-order valence-corrected chi connectivity index (χ0v) is 8.70. The smallest absolute Gasteiger partial charge is 0.251 e. The summed E-state index contributed by atoms with van der Waals surface area (Å²) in [6.45, 7) is 3.14. The van der Waals surface area contributed by atoms with Crippen LogP contribution < -0.4 is 5.73 Å². The molecule has 1 rings (SSSR count). The molecule has 4 nitrogen and oxygen atoms in total. The minimum Gasteiger partial charge on any atom is -0.366 e. The first-order valence-corrected chi connectivity index (χ1v) is 4.39. The lowest BCUT2D eigenvalue weighted by Gasteiger charge is -2.04. The van der Waals surface area contributed by atoms with E-state index in [-0.39, 0.29) is 16.0 Å². The predicted octanol–water partition coefficient (Wildman–Crippen LogP) is 1.35. The van der Waals surface area contributed by atoms with Crippen molar-refractivity contribution in [2.45, 2.75) is 13.8 Å². The molecule has 5 heteroatoms. The Bertz CT molecular complexity index is 462. The topological polar surface area (TPSA) is 76.0 Å². The van der Waals surface area contributed by atoms with Gasteiger partial charge in [-0.2, -0.15) is 0 Å². The third-order valence-electron chi connectivity index (χ3n) is 1.88. The van der Waals surface area contributed by atoms with E-state index in [1.807, 2.05) is 0 Å². The molecule has 3 N–H and O–H groups in total. The zero-order valence-electron chi connectivity index (χ0n) is 7.88. The Balaban J connectivity index is 3.50. The fourth-order valence-corrected chi connectivity index (χ4v) is 1.48. The number of aromatic amines is 1. The lowest BCUT2D eigenvalue weighted by atomic mass is 10.1. The summed E-state index contributed by atoms with van der Waals surface area (Å²) in [5.41, 5.74) is 6.36. The van der Waals surface area contributed by atoms with Crippen LogP contribution >= 0.6 is 12.2 Å². The maximum absolute atomic E-state index is 11.1. The summed E-state index contributed by atoms with van der Waals surface area (Å²) in [5.74, 6) is -0.759. The molecule has 1 aromatic rings. The molecule has 0 aliphatic heterocycles. The molecule has 1 amide bonds. The number of aryl methyl sites for hydroxylation is 1. The molecule has 0 aromatic carbocycles. The molecule has 0 aliphatic carbocycles. The summed E-state index contributed by atoms with van der Waals surface area (Å²) in [4.78, 5) is 24.8. The average molecular weight is 210 g/mol. The van der Waals surface area contributed by atoms with Crippen LogP contribution in [0.2, 0.25) is 0 Å². The van der Waals surface area contributed by atoms with Crippen LogP contribution in [-0.4, -0.2) is 16.7 Å². The van der Waals surface area contributed by atoms with Crippen LogP contribution in [0.5, 0.6) is 0 Å². The van der Waals surface area contributed by atoms with Crippen LogP contribution in [0.25, 0.3) is 0 Å². The molecule has 0 unspecified atom stereocenters. The number of primary amides is 1. The number of aromatic nitrogens is 1. The minimum absolute atomic E-state index is 0.128. The van der Waals surface area contributed by atoms with E-state index in [1.54, 1.807) is 6.92 Å². The molecular weight excluding hydrogens is 200 g/mol. The molecule has 1 heterocycles. The molecule has 0 fully saturated rings. The maximum Gasteiger partial charge on any atom is 0.251 e. The van der Waals surface area contributed by atoms with E-state index in [0.29, 0.717) is 11.3 Å². The van der Waals surface area contributed by atoms with Crippen molar-refractivity contribution in [2.24, 2.45) is 5.73 Å². The van der Waals surface area contributed by atoms with Gasteiger partial charge in [0.1, 0.15) is 4.64 Å². The van der Waals surface area contributed by atoms with Gasteiger partial charge in [-0.05, 0) is 19.9 Å². The first kappa shape index (κ1) is 10.6. The number of carbonyl (C=O) groups is 2. The third kappa shape index (κ3) is 1.88. The van der Waals surface area contributed by atoms with Crippen molar-refractivity contribution in [3.05, 3.63) is 27.5 Å². The Morgan fingerprint density at radius 3 is 2.43 bits per heavy atom. The lowest BCUT2D eigenvalue weighted by molar-refractivity contribution is 0.0999. The zero-order chi connectivity index (χ0) is 10.9. The molecule has 0 spiro atoms. The largest absolute Gasteiger partial charge is 0.366 e. The first-order valence-electron chi connectivity index (χ1n) is 3.98. The van der Waals surface area contributed by atoms with E-state index in [0.717, 1.165) is 0 Å². The molecule has 0 saturated heterocycles. The van der Waals surface area contributed by atoms with Crippen molar-refractivity contribution in [2.75, 3.05) is 0 Å². The van der Waals surface area contributed by atoms with Crippen LogP contribution in [0.4, 0.5) is 0 Å².